The van der Waals surface area contributed by atoms with E-state index in [2.05, 4.69) is 21.2 Å². The number of carbonyl (C=O) groups is 2. The molecule has 0 saturated carbocycles. The molecule has 0 aliphatic rings. The highest BCUT2D eigenvalue weighted by molar-refractivity contribution is 9.10. The van der Waals surface area contributed by atoms with Crippen molar-refractivity contribution in [3.8, 4) is 5.75 Å². The van der Waals surface area contributed by atoms with Gasteiger partial charge in [0.1, 0.15) is 5.75 Å². The summed E-state index contributed by atoms with van der Waals surface area (Å²) in [4.78, 5) is 22.4. The lowest BCUT2D eigenvalue weighted by Gasteiger charge is -2.10. The summed E-state index contributed by atoms with van der Waals surface area (Å²) in [6, 6.07) is 11.5. The first-order valence-corrected chi connectivity index (χ1v) is 7.07. The van der Waals surface area contributed by atoms with Crippen molar-refractivity contribution in [1.82, 2.24) is 5.32 Å². The van der Waals surface area contributed by atoms with Crippen LogP contribution >= 0.6 is 15.9 Å². The first-order valence-electron chi connectivity index (χ1n) is 6.28. The number of carbonyl (C=O) groups excluding carboxylic acids is 2. The van der Waals surface area contributed by atoms with Gasteiger partial charge in [-0.1, -0.05) is 30.3 Å². The fraction of sp³-hybridized carbons (Fsp3) is 0.200. The van der Waals surface area contributed by atoms with Crippen molar-refractivity contribution in [1.29, 1.82) is 0 Å². The van der Waals surface area contributed by atoms with E-state index in [1.54, 1.807) is 6.07 Å². The molecule has 0 atom stereocenters. The second-order valence-electron chi connectivity index (χ2n) is 4.22. The minimum Gasteiger partial charge on any atom is -0.481 e. The fourth-order valence-corrected chi connectivity index (χ4v) is 2.33. The van der Waals surface area contributed by atoms with Gasteiger partial charge in [-0.15, -0.1) is 0 Å². The topological polar surface area (TPSA) is 64.6 Å². The van der Waals surface area contributed by atoms with E-state index < -0.39 is 5.97 Å². The molecule has 0 bridgehead atoms. The number of benzene rings is 2. The van der Waals surface area contributed by atoms with Gasteiger partial charge in [0.15, 0.2) is 13.2 Å². The smallest absolute Gasteiger partial charge is 0.344 e. The number of hydrogen-bond donors (Lipinski definition) is 1. The van der Waals surface area contributed by atoms with Crippen molar-refractivity contribution in [3.63, 3.8) is 0 Å². The van der Waals surface area contributed by atoms with E-state index in [9.17, 15) is 9.59 Å². The maximum absolute atomic E-state index is 11.5. The number of rotatable bonds is 5. The van der Waals surface area contributed by atoms with Crippen LogP contribution in [0.15, 0.2) is 40.9 Å². The standard InChI is InChI=1S/C15H14BrNO4/c1-17-13(18)8-21-14(19)9-20-12-7-6-10-4-2-3-5-11(10)15(12)16/h2-7H,8-9H2,1H3,(H,17,18). The molecule has 0 radical (unpaired) electrons. The van der Waals surface area contributed by atoms with Gasteiger partial charge in [0.2, 0.25) is 0 Å². The number of ether oxygens (including phenoxy) is 2. The Kier molecular flexibility index (Phi) is 5.16. The molecule has 1 N–H and O–H groups in total. The number of nitrogens with one attached hydrogen (secondary N) is 1. The molecule has 5 nitrogen and oxygen atoms in total. The molecule has 2 aromatic carbocycles. The van der Waals surface area contributed by atoms with Crippen LogP contribution in [0.2, 0.25) is 0 Å². The molecule has 2 aromatic rings. The van der Waals surface area contributed by atoms with Crippen molar-refractivity contribution in [2.75, 3.05) is 20.3 Å². The van der Waals surface area contributed by atoms with Gasteiger partial charge in [-0.05, 0) is 32.8 Å². The predicted octanol–water partition coefficient (Wildman–Crippen LogP) is 2.27. The second-order valence-corrected chi connectivity index (χ2v) is 5.01. The zero-order valence-electron chi connectivity index (χ0n) is 11.4. The Morgan fingerprint density at radius 3 is 2.67 bits per heavy atom. The summed E-state index contributed by atoms with van der Waals surface area (Å²) in [6.07, 6.45) is 0. The average Bonchev–Trinajstić information content (AvgIpc) is 2.52. The molecule has 21 heavy (non-hydrogen) atoms. The quantitative estimate of drug-likeness (QED) is 0.839. The van der Waals surface area contributed by atoms with Crippen LogP contribution < -0.4 is 10.1 Å². The normalized spacial score (nSPS) is 10.2. The van der Waals surface area contributed by atoms with Gasteiger partial charge in [-0.2, -0.15) is 0 Å². The van der Waals surface area contributed by atoms with Crippen LogP contribution in [-0.2, 0) is 14.3 Å². The maximum atomic E-state index is 11.5. The molecular formula is C15H14BrNO4. The maximum Gasteiger partial charge on any atom is 0.344 e. The average molecular weight is 352 g/mol. The number of likely N-dealkylation sites (N-methyl/N-ethyl adjacent to an activating group) is 1. The zero-order chi connectivity index (χ0) is 15.2. The zero-order valence-corrected chi connectivity index (χ0v) is 13.0. The molecule has 0 heterocycles. The van der Waals surface area contributed by atoms with E-state index >= 15 is 0 Å². The molecule has 110 valence electrons. The van der Waals surface area contributed by atoms with Crippen molar-refractivity contribution >= 4 is 38.6 Å². The molecule has 0 unspecified atom stereocenters. The van der Waals surface area contributed by atoms with E-state index in [0.717, 1.165) is 15.2 Å². The van der Waals surface area contributed by atoms with Gasteiger partial charge < -0.3 is 14.8 Å². The Morgan fingerprint density at radius 1 is 1.14 bits per heavy atom. The predicted molar refractivity (Wildman–Crippen MR) is 82.2 cm³/mol. The molecule has 0 aliphatic carbocycles. The van der Waals surface area contributed by atoms with Crippen LogP contribution in [0, 0.1) is 0 Å². The third kappa shape index (κ3) is 3.95. The van der Waals surface area contributed by atoms with Crippen LogP contribution in [0.4, 0.5) is 0 Å². The summed E-state index contributed by atoms with van der Waals surface area (Å²) in [6.45, 7) is -0.564. The van der Waals surface area contributed by atoms with Gasteiger partial charge in [-0.3, -0.25) is 4.79 Å². The van der Waals surface area contributed by atoms with Crippen molar-refractivity contribution in [3.05, 3.63) is 40.9 Å². The van der Waals surface area contributed by atoms with Crippen molar-refractivity contribution in [2.24, 2.45) is 0 Å². The van der Waals surface area contributed by atoms with Gasteiger partial charge in [0.25, 0.3) is 5.91 Å². The third-order valence-corrected chi connectivity index (χ3v) is 3.63. The SMILES string of the molecule is CNC(=O)COC(=O)COc1ccc2ccccc2c1Br. The highest BCUT2D eigenvalue weighted by Crippen LogP contribution is 2.32. The molecule has 0 spiro atoms. The van der Waals surface area contributed by atoms with Gasteiger partial charge in [-0.25, -0.2) is 4.79 Å². The largest absolute Gasteiger partial charge is 0.481 e. The molecule has 0 aromatic heterocycles. The molecule has 2 rings (SSSR count). The highest BCUT2D eigenvalue weighted by Gasteiger charge is 2.10. The van der Waals surface area contributed by atoms with Gasteiger partial charge in [0.05, 0.1) is 4.47 Å². The van der Waals surface area contributed by atoms with Crippen LogP contribution in [0.3, 0.4) is 0 Å². The Bertz CT molecular complexity index is 672. The Morgan fingerprint density at radius 2 is 1.90 bits per heavy atom. The highest BCUT2D eigenvalue weighted by atomic mass is 79.9. The lowest BCUT2D eigenvalue weighted by Crippen LogP contribution is -2.26. The summed E-state index contributed by atoms with van der Waals surface area (Å²) in [7, 11) is 1.47. The van der Waals surface area contributed by atoms with Crippen LogP contribution in [0.25, 0.3) is 10.8 Å². The lowest BCUT2D eigenvalue weighted by atomic mass is 10.1. The van der Waals surface area contributed by atoms with E-state index in [1.807, 2.05) is 30.3 Å². The summed E-state index contributed by atoms with van der Waals surface area (Å²) in [5.41, 5.74) is 0. The minimum absolute atomic E-state index is 0.256. The molecule has 0 fully saturated rings. The first kappa shape index (κ1) is 15.3. The molecule has 0 saturated heterocycles. The van der Waals surface area contributed by atoms with Crippen molar-refractivity contribution < 1.29 is 19.1 Å². The molecular weight excluding hydrogens is 338 g/mol. The lowest BCUT2D eigenvalue weighted by molar-refractivity contribution is -0.150. The fourth-order valence-electron chi connectivity index (χ4n) is 1.72. The number of hydrogen-bond acceptors (Lipinski definition) is 4. The van der Waals surface area contributed by atoms with E-state index in [-0.39, 0.29) is 19.1 Å². The summed E-state index contributed by atoms with van der Waals surface area (Å²) < 4.78 is 10.9. The Labute approximate surface area is 130 Å². The Balaban J connectivity index is 1.99. The van der Waals surface area contributed by atoms with Crippen LogP contribution in [0.1, 0.15) is 0 Å². The van der Waals surface area contributed by atoms with Gasteiger partial charge >= 0.3 is 5.97 Å². The third-order valence-electron chi connectivity index (χ3n) is 2.82. The number of halogens is 1. The second kappa shape index (κ2) is 7.08. The number of esters is 1. The monoisotopic (exact) mass is 351 g/mol. The van der Waals surface area contributed by atoms with Gasteiger partial charge in [0, 0.05) is 7.05 Å². The summed E-state index contributed by atoms with van der Waals surface area (Å²) in [5, 5.41) is 4.42. The van der Waals surface area contributed by atoms with Crippen molar-refractivity contribution in [2.45, 2.75) is 0 Å². The molecule has 0 aliphatic heterocycles. The number of amides is 1. The van der Waals surface area contributed by atoms with E-state index in [4.69, 9.17) is 9.47 Å². The molecule has 6 heteroatoms. The van der Waals surface area contributed by atoms with Crippen LogP contribution in [0.5, 0.6) is 5.75 Å². The summed E-state index contributed by atoms with van der Waals surface area (Å²) >= 11 is 3.46. The molecule has 1 amide bonds. The Hall–Kier alpha value is -2.08. The van der Waals surface area contributed by atoms with E-state index in [0.29, 0.717) is 5.75 Å². The summed E-state index contributed by atoms with van der Waals surface area (Å²) in [5.74, 6) is -0.417. The van der Waals surface area contributed by atoms with E-state index in [1.165, 1.54) is 7.05 Å². The first-order chi connectivity index (χ1) is 10.1. The van der Waals surface area contributed by atoms with Crippen LogP contribution in [-0.4, -0.2) is 32.1 Å². The minimum atomic E-state index is -0.598. The number of fused-ring (bicyclic) bond motifs is 1.